The molecule has 19 nitrogen and oxygen atoms in total. The molecule has 0 unspecified atom stereocenters. The highest BCUT2D eigenvalue weighted by Gasteiger charge is 2.46. The molecule has 2 N–H and O–H groups in total. The maximum absolute atomic E-state index is 13.5. The van der Waals surface area contributed by atoms with Crippen LogP contribution in [-0.2, 0) is 45.7 Å². The number of nitrogens with zero attached hydrogens (tertiary/aromatic N) is 3. The van der Waals surface area contributed by atoms with Crippen LogP contribution in [-0.4, -0.2) is 99.4 Å². The van der Waals surface area contributed by atoms with E-state index in [1.54, 1.807) is 27.7 Å². The van der Waals surface area contributed by atoms with Crippen LogP contribution in [0.3, 0.4) is 0 Å². The molecule has 0 radical (unpaired) electrons. The number of rotatable bonds is 23. The van der Waals surface area contributed by atoms with Crippen molar-refractivity contribution < 1.29 is 45.7 Å². The van der Waals surface area contributed by atoms with Crippen molar-refractivity contribution in [3.8, 4) is 0 Å². The van der Waals surface area contributed by atoms with Gasteiger partial charge in [-0.15, -0.1) is 0 Å². The first kappa shape index (κ1) is 46.6. The Labute approximate surface area is 327 Å². The van der Waals surface area contributed by atoms with Crippen molar-refractivity contribution in [2.24, 2.45) is 0 Å². The van der Waals surface area contributed by atoms with Crippen molar-refractivity contribution in [3.05, 3.63) is 66.2 Å². The minimum Gasteiger partial charge on any atom is -0.363 e. The molecule has 0 aromatic carbocycles. The van der Waals surface area contributed by atoms with Gasteiger partial charge in [-0.05, 0) is 81.1 Å². The average Bonchev–Trinajstić information content (AvgIpc) is 3.70. The van der Waals surface area contributed by atoms with Crippen molar-refractivity contribution in [1.82, 2.24) is 23.8 Å². The van der Waals surface area contributed by atoms with E-state index in [1.807, 2.05) is 27.7 Å². The lowest BCUT2D eigenvalue weighted by Crippen LogP contribution is -2.38. The van der Waals surface area contributed by atoms with Gasteiger partial charge in [0.1, 0.15) is 12.7 Å². The number of hydrogen-bond donors (Lipinski definition) is 2. The van der Waals surface area contributed by atoms with Crippen molar-refractivity contribution in [2.75, 3.05) is 39.1 Å². The predicted molar refractivity (Wildman–Crippen MR) is 209 cm³/mol. The van der Waals surface area contributed by atoms with Crippen LogP contribution in [0.25, 0.3) is 0 Å². The molecule has 2 aliphatic carbocycles. The molecule has 0 bridgehead atoms. The summed E-state index contributed by atoms with van der Waals surface area (Å²) < 4.78 is 80.2. The Kier molecular flexibility index (Phi) is 17.7. The summed E-state index contributed by atoms with van der Waals surface area (Å²) in [5.74, 6) is 0. The fourth-order valence-electron chi connectivity index (χ4n) is 7.05. The molecule has 22 heteroatoms. The van der Waals surface area contributed by atoms with Crippen molar-refractivity contribution >= 4 is 23.7 Å². The van der Waals surface area contributed by atoms with E-state index in [1.165, 1.54) is 33.7 Å². The maximum Gasteiger partial charge on any atom is 0.356 e. The molecule has 56 heavy (non-hydrogen) atoms. The second-order valence-corrected chi connectivity index (χ2v) is 19.3. The van der Waals surface area contributed by atoms with Gasteiger partial charge in [0.05, 0.1) is 50.8 Å². The van der Waals surface area contributed by atoms with Crippen molar-refractivity contribution in [2.45, 2.75) is 130 Å². The van der Waals surface area contributed by atoms with Gasteiger partial charge in [0.2, 0.25) is 0 Å². The third kappa shape index (κ3) is 12.5. The van der Waals surface area contributed by atoms with Gasteiger partial charge in [-0.25, -0.2) is 14.3 Å². The van der Waals surface area contributed by atoms with Crippen LogP contribution in [0.5, 0.6) is 0 Å². The van der Waals surface area contributed by atoms with Gasteiger partial charge >= 0.3 is 26.6 Å². The SMILES string of the molecule is CCOP(=O)(CO[C@H]1C[C@@H](n2ccc(=O)[nH]c2=O)C[C@@H]1OP(O[C@H]1C[C@H](n2ccc(=O)[nH]c2=O)C[C@@H]1OCP(=O)(OCC)OCC)N(C(C)C)C(C)C)OCC. The number of aromatic nitrogens is 4. The number of aromatic amines is 2. The second kappa shape index (κ2) is 21.2. The minimum absolute atomic E-state index is 0.0925. The molecule has 2 aliphatic rings. The highest BCUT2D eigenvalue weighted by atomic mass is 31.2. The number of nitrogens with one attached hydrogen (secondary N) is 2. The van der Waals surface area contributed by atoms with Gasteiger partial charge in [0.25, 0.3) is 19.6 Å². The summed E-state index contributed by atoms with van der Waals surface area (Å²) in [6.07, 6.45) is 0.324. The Hall–Kier alpha value is -2.11. The van der Waals surface area contributed by atoms with Crippen molar-refractivity contribution in [3.63, 3.8) is 0 Å². The van der Waals surface area contributed by atoms with E-state index >= 15 is 0 Å². The van der Waals surface area contributed by atoms with E-state index in [9.17, 15) is 28.3 Å². The molecule has 2 heterocycles. The van der Waals surface area contributed by atoms with Gasteiger partial charge in [0, 0.05) is 48.7 Å². The average molecular weight is 854 g/mol. The summed E-state index contributed by atoms with van der Waals surface area (Å²) in [7, 11) is -9.24. The van der Waals surface area contributed by atoms with Crippen LogP contribution in [0.1, 0.15) is 93.2 Å². The Bertz CT molecular complexity index is 1730. The Morgan fingerprint density at radius 1 is 0.643 bits per heavy atom. The summed E-state index contributed by atoms with van der Waals surface area (Å²) in [6, 6.07) is 1.40. The molecular weight excluding hydrogens is 795 g/mol. The summed E-state index contributed by atoms with van der Waals surface area (Å²) in [5.41, 5.74) is -2.25. The number of H-pyrrole nitrogens is 2. The third-order valence-corrected chi connectivity index (χ3v) is 15.0. The molecule has 0 saturated heterocycles. The first-order valence-corrected chi connectivity index (χ1v) is 23.7. The molecule has 0 amide bonds. The summed E-state index contributed by atoms with van der Waals surface area (Å²) >= 11 is 0. The molecule has 2 fully saturated rings. The van der Waals surface area contributed by atoms with E-state index in [4.69, 9.17) is 36.6 Å². The van der Waals surface area contributed by atoms with E-state index in [0.717, 1.165) is 0 Å². The smallest absolute Gasteiger partial charge is 0.356 e. The molecule has 6 atom stereocenters. The van der Waals surface area contributed by atoms with Gasteiger partial charge in [-0.3, -0.25) is 37.8 Å². The van der Waals surface area contributed by atoms with Crippen LogP contribution in [0.4, 0.5) is 0 Å². The first-order valence-electron chi connectivity index (χ1n) is 19.1. The fourth-order valence-corrected chi connectivity index (χ4v) is 11.7. The Morgan fingerprint density at radius 3 is 1.29 bits per heavy atom. The maximum atomic E-state index is 13.5. The lowest BCUT2D eigenvalue weighted by molar-refractivity contribution is -0.0251. The molecule has 4 rings (SSSR count). The molecule has 318 valence electrons. The molecule has 2 saturated carbocycles. The predicted octanol–water partition coefficient (Wildman–Crippen LogP) is 5.09. The van der Waals surface area contributed by atoms with E-state index < -0.39 is 82.7 Å². The largest absolute Gasteiger partial charge is 0.363 e. The lowest BCUT2D eigenvalue weighted by atomic mass is 10.2. The molecule has 2 aromatic heterocycles. The fraction of sp³-hybridized carbons (Fsp3) is 0.765. The topological polar surface area (TPSA) is 221 Å². The van der Waals surface area contributed by atoms with Crippen LogP contribution < -0.4 is 22.5 Å². The zero-order valence-electron chi connectivity index (χ0n) is 33.4. The van der Waals surface area contributed by atoms with Gasteiger partial charge in [-0.2, -0.15) is 0 Å². The molecule has 0 aliphatic heterocycles. The molecular formula is C34H58N5O14P3. The van der Waals surface area contributed by atoms with Crippen LogP contribution in [0, 0.1) is 0 Å². The van der Waals surface area contributed by atoms with E-state index in [-0.39, 0.29) is 76.9 Å². The zero-order valence-corrected chi connectivity index (χ0v) is 36.1. The van der Waals surface area contributed by atoms with E-state index in [0.29, 0.717) is 0 Å². The normalized spacial score (nSPS) is 23.8. The standard InChI is InChI=1S/C34H58N5O14P3/c1-9-48-55(44,49-10-2)21-46-27-17-25(37-15-13-31(40)35-33(37)42)19-29(27)52-54(39(23(5)6)24(7)8)53-30-20-26(38-16-14-32(41)36-34(38)43)18-28(30)47-22-56(45,50-11-3)51-12-4/h13-16,23-30H,9-12,17-22H2,1-8H3,(H,35,40,42)(H,36,41,43)/t25-,26-,27+,28+,29+,30+/m1/s1. The Balaban J connectivity index is 1.71. The highest BCUT2D eigenvalue weighted by Crippen LogP contribution is 2.55. The van der Waals surface area contributed by atoms with Crippen LogP contribution in [0.15, 0.2) is 43.7 Å². The second-order valence-electron chi connectivity index (χ2n) is 13.9. The van der Waals surface area contributed by atoms with Gasteiger partial charge in [-0.1, -0.05) is 0 Å². The van der Waals surface area contributed by atoms with Gasteiger partial charge < -0.3 is 36.6 Å². The number of hydrogen-bond acceptors (Lipinski definition) is 15. The third-order valence-electron chi connectivity index (χ3n) is 9.23. The summed E-state index contributed by atoms with van der Waals surface area (Å²) in [6.45, 7) is 15.4. The quantitative estimate of drug-likeness (QED) is 0.139. The monoisotopic (exact) mass is 853 g/mol. The minimum atomic E-state index is -3.64. The van der Waals surface area contributed by atoms with Crippen LogP contribution >= 0.6 is 23.7 Å². The van der Waals surface area contributed by atoms with Gasteiger partial charge in [0.15, 0.2) is 0 Å². The molecule has 2 aromatic rings. The van der Waals surface area contributed by atoms with Crippen molar-refractivity contribution in [1.29, 1.82) is 0 Å². The first-order chi connectivity index (χ1) is 26.6. The zero-order chi connectivity index (χ0) is 41.2. The molecule has 0 spiro atoms. The summed E-state index contributed by atoms with van der Waals surface area (Å²) in [4.78, 5) is 54.3. The Morgan fingerprint density at radius 2 is 0.982 bits per heavy atom. The van der Waals surface area contributed by atoms with E-state index in [2.05, 4.69) is 14.6 Å². The summed E-state index contributed by atoms with van der Waals surface area (Å²) in [5, 5.41) is 0. The number of ether oxygens (including phenoxy) is 2. The van der Waals surface area contributed by atoms with Crippen LogP contribution in [0.2, 0.25) is 0 Å². The highest BCUT2D eigenvalue weighted by molar-refractivity contribution is 7.53. The lowest BCUT2D eigenvalue weighted by Gasteiger charge is -2.39.